The van der Waals surface area contributed by atoms with Crippen molar-refractivity contribution in [3.8, 4) is 0 Å². The molecule has 0 aromatic heterocycles. The van der Waals surface area contributed by atoms with Gasteiger partial charge in [-0.15, -0.1) is 0 Å². The predicted molar refractivity (Wildman–Crippen MR) is 74.1 cm³/mol. The summed E-state index contributed by atoms with van der Waals surface area (Å²) in [5.74, 6) is -0.197. The summed E-state index contributed by atoms with van der Waals surface area (Å²) in [6.07, 6.45) is 7.11. The van der Waals surface area contributed by atoms with Gasteiger partial charge < -0.3 is 5.32 Å². The van der Waals surface area contributed by atoms with Crippen LogP contribution in [0.3, 0.4) is 0 Å². The van der Waals surface area contributed by atoms with Crippen LogP contribution in [-0.2, 0) is 0 Å². The molecule has 1 aliphatic carbocycles. The molecule has 1 N–H and O–H groups in total. The molecule has 1 nitrogen and oxygen atoms in total. The van der Waals surface area contributed by atoms with Gasteiger partial charge in [-0.1, -0.05) is 25.7 Å². The van der Waals surface area contributed by atoms with Crippen LogP contribution in [-0.4, -0.2) is 7.05 Å². The first-order valence-corrected chi connectivity index (χ1v) is 7.26. The molecular formula is C16H23F2N. The first-order valence-electron chi connectivity index (χ1n) is 7.26. The Labute approximate surface area is 114 Å². The Balaban J connectivity index is 2.27. The van der Waals surface area contributed by atoms with E-state index in [1.807, 2.05) is 7.05 Å². The van der Waals surface area contributed by atoms with Crippen molar-refractivity contribution in [3.05, 3.63) is 34.9 Å². The maximum atomic E-state index is 14.1. The second kappa shape index (κ2) is 6.47. The van der Waals surface area contributed by atoms with Gasteiger partial charge in [0.1, 0.15) is 11.6 Å². The Morgan fingerprint density at radius 3 is 2.26 bits per heavy atom. The van der Waals surface area contributed by atoms with E-state index in [-0.39, 0.29) is 17.7 Å². The highest BCUT2D eigenvalue weighted by Gasteiger charge is 2.25. The summed E-state index contributed by atoms with van der Waals surface area (Å²) in [7, 11) is 1.84. The van der Waals surface area contributed by atoms with Crippen molar-refractivity contribution in [2.45, 2.75) is 51.5 Å². The standard InChI is InChI=1S/C16H23F2N/c1-11-9-15(18)13(10-14(11)17)16(19-2)12-7-5-3-4-6-8-12/h9-10,12,16,19H,3-8H2,1-2H3. The highest BCUT2D eigenvalue weighted by atomic mass is 19.1. The molecule has 1 atom stereocenters. The molecule has 0 amide bonds. The van der Waals surface area contributed by atoms with E-state index in [1.54, 1.807) is 6.92 Å². The Kier molecular flexibility index (Phi) is 4.92. The number of nitrogens with one attached hydrogen (secondary N) is 1. The Morgan fingerprint density at radius 2 is 1.68 bits per heavy atom. The molecule has 1 saturated carbocycles. The van der Waals surface area contributed by atoms with Crippen LogP contribution in [0.5, 0.6) is 0 Å². The van der Waals surface area contributed by atoms with Crippen LogP contribution in [0, 0.1) is 24.5 Å². The molecule has 1 fully saturated rings. The SMILES string of the molecule is CNC(c1cc(F)c(C)cc1F)C1CCCCCC1. The van der Waals surface area contributed by atoms with Gasteiger partial charge in [0.2, 0.25) is 0 Å². The zero-order valence-corrected chi connectivity index (χ0v) is 11.8. The first-order chi connectivity index (χ1) is 9.13. The monoisotopic (exact) mass is 267 g/mol. The van der Waals surface area contributed by atoms with Crippen molar-refractivity contribution < 1.29 is 8.78 Å². The van der Waals surface area contributed by atoms with Crippen molar-refractivity contribution in [3.63, 3.8) is 0 Å². The molecule has 3 heteroatoms. The lowest BCUT2D eigenvalue weighted by atomic mass is 9.86. The molecule has 0 spiro atoms. The molecule has 0 heterocycles. The summed E-state index contributed by atoms with van der Waals surface area (Å²) in [6.45, 7) is 1.60. The average molecular weight is 267 g/mol. The molecular weight excluding hydrogens is 244 g/mol. The second-order valence-electron chi connectivity index (χ2n) is 5.64. The third kappa shape index (κ3) is 3.33. The lowest BCUT2D eigenvalue weighted by molar-refractivity contribution is 0.332. The molecule has 106 valence electrons. The number of aryl methyl sites for hydroxylation is 1. The Bertz CT molecular complexity index is 423. The second-order valence-corrected chi connectivity index (χ2v) is 5.64. The largest absolute Gasteiger partial charge is 0.313 e. The number of rotatable bonds is 3. The zero-order chi connectivity index (χ0) is 13.8. The molecule has 0 aliphatic heterocycles. The van der Waals surface area contributed by atoms with Gasteiger partial charge in [-0.2, -0.15) is 0 Å². The van der Waals surface area contributed by atoms with E-state index < -0.39 is 0 Å². The van der Waals surface area contributed by atoms with Crippen LogP contribution in [0.25, 0.3) is 0 Å². The molecule has 1 unspecified atom stereocenters. The van der Waals surface area contributed by atoms with Gasteiger partial charge in [0.25, 0.3) is 0 Å². The molecule has 2 rings (SSSR count). The summed E-state index contributed by atoms with van der Waals surface area (Å²) < 4.78 is 27.8. The van der Waals surface area contributed by atoms with Gasteiger partial charge in [-0.25, -0.2) is 8.78 Å². The number of halogens is 2. The third-order valence-electron chi connectivity index (χ3n) is 4.30. The maximum absolute atomic E-state index is 14.1. The Morgan fingerprint density at radius 1 is 1.05 bits per heavy atom. The van der Waals surface area contributed by atoms with E-state index in [4.69, 9.17) is 0 Å². The minimum Gasteiger partial charge on any atom is -0.313 e. The summed E-state index contributed by atoms with van der Waals surface area (Å²) in [5.41, 5.74) is 0.856. The van der Waals surface area contributed by atoms with E-state index in [2.05, 4.69) is 5.32 Å². The normalized spacial score (nSPS) is 19.2. The topological polar surface area (TPSA) is 12.0 Å². The van der Waals surface area contributed by atoms with Gasteiger partial charge in [0.05, 0.1) is 0 Å². The van der Waals surface area contributed by atoms with Crippen molar-refractivity contribution in [2.24, 2.45) is 5.92 Å². The lowest BCUT2D eigenvalue weighted by Gasteiger charge is -2.27. The summed E-state index contributed by atoms with van der Waals surface area (Å²) in [4.78, 5) is 0. The highest BCUT2D eigenvalue weighted by Crippen LogP contribution is 2.35. The van der Waals surface area contributed by atoms with E-state index >= 15 is 0 Å². The van der Waals surface area contributed by atoms with E-state index in [9.17, 15) is 8.78 Å². The van der Waals surface area contributed by atoms with Gasteiger partial charge in [0, 0.05) is 11.6 Å². The summed E-state index contributed by atoms with van der Waals surface area (Å²) in [5, 5.41) is 3.20. The minimum atomic E-state index is -0.315. The highest BCUT2D eigenvalue weighted by molar-refractivity contribution is 5.28. The lowest BCUT2D eigenvalue weighted by Crippen LogP contribution is -2.26. The molecule has 0 radical (unpaired) electrons. The predicted octanol–water partition coefficient (Wildman–Crippen LogP) is 4.50. The van der Waals surface area contributed by atoms with Crippen LogP contribution in [0.15, 0.2) is 12.1 Å². The van der Waals surface area contributed by atoms with Crippen molar-refractivity contribution in [2.75, 3.05) is 7.05 Å². The van der Waals surface area contributed by atoms with Gasteiger partial charge in [-0.3, -0.25) is 0 Å². The van der Waals surface area contributed by atoms with Crippen molar-refractivity contribution >= 4 is 0 Å². The molecule has 0 saturated heterocycles. The maximum Gasteiger partial charge on any atom is 0.128 e. The smallest absolute Gasteiger partial charge is 0.128 e. The summed E-state index contributed by atoms with van der Waals surface area (Å²) >= 11 is 0. The van der Waals surface area contributed by atoms with Crippen LogP contribution in [0.4, 0.5) is 8.78 Å². The number of hydrogen-bond acceptors (Lipinski definition) is 1. The van der Waals surface area contributed by atoms with E-state index in [0.717, 1.165) is 12.8 Å². The molecule has 1 aliphatic rings. The average Bonchev–Trinajstić information content (AvgIpc) is 2.65. The van der Waals surface area contributed by atoms with Gasteiger partial charge in [-0.05, 0) is 50.4 Å². The number of benzene rings is 1. The zero-order valence-electron chi connectivity index (χ0n) is 11.8. The molecule has 19 heavy (non-hydrogen) atoms. The first kappa shape index (κ1) is 14.4. The fourth-order valence-electron chi connectivity index (χ4n) is 3.19. The van der Waals surface area contributed by atoms with E-state index in [1.165, 1.54) is 37.8 Å². The molecule has 1 aromatic rings. The van der Waals surface area contributed by atoms with Gasteiger partial charge >= 0.3 is 0 Å². The Hall–Kier alpha value is -0.960. The molecule has 1 aromatic carbocycles. The minimum absolute atomic E-state index is 0.0757. The van der Waals surface area contributed by atoms with Crippen LogP contribution >= 0.6 is 0 Å². The summed E-state index contributed by atoms with van der Waals surface area (Å²) in [6, 6.07) is 2.61. The third-order valence-corrected chi connectivity index (χ3v) is 4.30. The van der Waals surface area contributed by atoms with Crippen molar-refractivity contribution in [1.82, 2.24) is 5.32 Å². The quantitative estimate of drug-likeness (QED) is 0.795. The molecule has 0 bridgehead atoms. The fraction of sp³-hybridized carbons (Fsp3) is 0.625. The van der Waals surface area contributed by atoms with Crippen LogP contribution in [0.1, 0.15) is 55.7 Å². The van der Waals surface area contributed by atoms with E-state index in [0.29, 0.717) is 17.0 Å². The van der Waals surface area contributed by atoms with Crippen molar-refractivity contribution in [1.29, 1.82) is 0 Å². The van der Waals surface area contributed by atoms with Gasteiger partial charge in [0.15, 0.2) is 0 Å². The van der Waals surface area contributed by atoms with Crippen LogP contribution in [0.2, 0.25) is 0 Å². The number of hydrogen-bond donors (Lipinski definition) is 1. The van der Waals surface area contributed by atoms with Crippen LogP contribution < -0.4 is 5.32 Å². The fourth-order valence-corrected chi connectivity index (χ4v) is 3.19.